The van der Waals surface area contributed by atoms with E-state index in [0.717, 1.165) is 10.6 Å². The summed E-state index contributed by atoms with van der Waals surface area (Å²) in [6.07, 6.45) is 1.66. The molecule has 0 aliphatic carbocycles. The molecule has 1 amide bonds. The number of aliphatic hydroxyl groups excluding tert-OH is 1. The molecular formula is C23H27N3O4S. The first-order valence-corrected chi connectivity index (χ1v) is 10.8. The largest absolute Gasteiger partial charge is 0.503 e. The highest BCUT2D eigenvalue weighted by molar-refractivity contribution is 7.14. The number of carbonyl (C=O) groups excluding carboxylic acids is 2. The van der Waals surface area contributed by atoms with Crippen LogP contribution in [0.3, 0.4) is 0 Å². The number of rotatable bonds is 9. The Balaban J connectivity index is 2.03. The van der Waals surface area contributed by atoms with Crippen LogP contribution in [0, 0.1) is 13.8 Å². The molecule has 31 heavy (non-hydrogen) atoms. The number of amides is 1. The number of hydrogen-bond donors (Lipinski definition) is 1. The van der Waals surface area contributed by atoms with Crippen molar-refractivity contribution >= 4 is 23.0 Å². The maximum atomic E-state index is 13.4. The zero-order valence-corrected chi connectivity index (χ0v) is 19.0. The molecule has 0 saturated heterocycles. The van der Waals surface area contributed by atoms with Gasteiger partial charge in [0, 0.05) is 13.1 Å². The van der Waals surface area contributed by atoms with Crippen LogP contribution in [0.2, 0.25) is 0 Å². The summed E-state index contributed by atoms with van der Waals surface area (Å²) < 4.78 is 5.54. The molecule has 0 spiro atoms. The minimum Gasteiger partial charge on any atom is -0.503 e. The van der Waals surface area contributed by atoms with Gasteiger partial charge in [-0.2, -0.15) is 0 Å². The van der Waals surface area contributed by atoms with Crippen molar-refractivity contribution in [1.29, 1.82) is 0 Å². The molecule has 7 nitrogen and oxygen atoms in total. The summed E-state index contributed by atoms with van der Waals surface area (Å²) in [6, 6.07) is 6.51. The molecule has 8 heteroatoms. The van der Waals surface area contributed by atoms with E-state index in [1.54, 1.807) is 30.0 Å². The van der Waals surface area contributed by atoms with E-state index in [4.69, 9.17) is 4.74 Å². The molecule has 0 bridgehead atoms. The maximum Gasteiger partial charge on any atom is 0.290 e. The van der Waals surface area contributed by atoms with Crippen molar-refractivity contribution < 1.29 is 19.4 Å². The fourth-order valence-electron chi connectivity index (χ4n) is 3.54. The summed E-state index contributed by atoms with van der Waals surface area (Å²) in [5.74, 6) is -0.742. The number of benzene rings is 1. The average molecular weight is 442 g/mol. The summed E-state index contributed by atoms with van der Waals surface area (Å²) in [5, 5.41) is 11.5. The van der Waals surface area contributed by atoms with Gasteiger partial charge in [0.25, 0.3) is 5.91 Å². The molecule has 1 atom stereocenters. The molecule has 1 aromatic heterocycles. The number of hydrogen-bond acceptors (Lipinski definition) is 7. The number of ether oxygens (including phenoxy) is 1. The summed E-state index contributed by atoms with van der Waals surface area (Å²) in [7, 11) is 3.81. The van der Waals surface area contributed by atoms with Gasteiger partial charge in [-0.15, -0.1) is 11.3 Å². The molecule has 2 heterocycles. The minimum atomic E-state index is -0.685. The Kier molecular flexibility index (Phi) is 6.92. The van der Waals surface area contributed by atoms with Crippen molar-refractivity contribution in [1.82, 2.24) is 14.8 Å². The lowest BCUT2D eigenvalue weighted by molar-refractivity contribution is -0.129. The molecular weight excluding hydrogens is 414 g/mol. The minimum absolute atomic E-state index is 0.0928. The number of aryl methyl sites for hydroxylation is 2. The number of aliphatic hydroxyl groups is 1. The fraction of sp³-hybridized carbons (Fsp3) is 0.348. The topological polar surface area (TPSA) is 83.0 Å². The predicted octanol–water partition coefficient (Wildman–Crippen LogP) is 3.46. The molecule has 1 aliphatic heterocycles. The Hall–Kier alpha value is -2.97. The number of Topliss-reactive ketones (excluding diaryl/α,β-unsaturated/α-hetero) is 1. The standard InChI is InChI=1S/C23H27N3O4S/c1-6-13-30-17-9-7-16(8-10-17)19-18(20(27)22-14(2)24-15(3)31-22)21(28)23(29)26(19)12-11-25(4)5/h6-10,19,28H,1,11-13H2,2-5H3/t19-/m1/s1. The highest BCUT2D eigenvalue weighted by atomic mass is 32.1. The molecule has 1 aliphatic rings. The van der Waals surface area contributed by atoms with E-state index >= 15 is 0 Å². The Morgan fingerprint density at radius 3 is 2.55 bits per heavy atom. The first kappa shape index (κ1) is 22.7. The number of nitrogens with zero attached hydrogens (tertiary/aromatic N) is 3. The highest BCUT2D eigenvalue weighted by Crippen LogP contribution is 2.40. The zero-order chi connectivity index (χ0) is 22.7. The summed E-state index contributed by atoms with van der Waals surface area (Å²) in [5.41, 5.74) is 1.42. The van der Waals surface area contributed by atoms with E-state index in [1.165, 1.54) is 11.3 Å². The van der Waals surface area contributed by atoms with E-state index in [9.17, 15) is 14.7 Å². The summed E-state index contributed by atoms with van der Waals surface area (Å²) in [4.78, 5) is 34.7. The van der Waals surface area contributed by atoms with E-state index in [-0.39, 0.29) is 11.4 Å². The van der Waals surface area contributed by atoms with Crippen LogP contribution in [0.25, 0.3) is 0 Å². The fourth-order valence-corrected chi connectivity index (χ4v) is 4.41. The van der Waals surface area contributed by atoms with E-state index in [1.807, 2.05) is 38.1 Å². The molecule has 1 N–H and O–H groups in total. The van der Waals surface area contributed by atoms with Crippen LogP contribution in [-0.4, -0.2) is 65.4 Å². The Bertz CT molecular complexity index is 1020. The second-order valence-corrected chi connectivity index (χ2v) is 8.82. The Morgan fingerprint density at radius 1 is 1.32 bits per heavy atom. The molecule has 0 saturated carbocycles. The van der Waals surface area contributed by atoms with Crippen molar-refractivity contribution in [2.24, 2.45) is 0 Å². The predicted molar refractivity (Wildman–Crippen MR) is 121 cm³/mol. The Labute approximate surface area is 186 Å². The van der Waals surface area contributed by atoms with E-state index < -0.39 is 17.7 Å². The molecule has 0 radical (unpaired) electrons. The van der Waals surface area contributed by atoms with Gasteiger partial charge in [-0.3, -0.25) is 9.59 Å². The monoisotopic (exact) mass is 441 g/mol. The smallest absolute Gasteiger partial charge is 0.290 e. The summed E-state index contributed by atoms with van der Waals surface area (Å²) >= 11 is 1.27. The van der Waals surface area contributed by atoms with Gasteiger partial charge < -0.3 is 19.6 Å². The maximum absolute atomic E-state index is 13.4. The SMILES string of the molecule is C=CCOc1ccc([C@@H]2C(C(=O)c3sc(C)nc3C)=C(O)C(=O)N2CCN(C)C)cc1. The molecule has 0 fully saturated rings. The van der Waals surface area contributed by atoms with Crippen LogP contribution in [0.1, 0.15) is 32.0 Å². The third-order valence-corrected chi connectivity index (χ3v) is 6.08. The van der Waals surface area contributed by atoms with Gasteiger partial charge in [0.15, 0.2) is 5.76 Å². The van der Waals surface area contributed by atoms with Crippen LogP contribution in [0.5, 0.6) is 5.75 Å². The lowest BCUT2D eigenvalue weighted by Crippen LogP contribution is -2.36. The number of aromatic nitrogens is 1. The summed E-state index contributed by atoms with van der Waals surface area (Å²) in [6.45, 7) is 8.56. The number of thiazole rings is 1. The molecule has 1 aromatic carbocycles. The van der Waals surface area contributed by atoms with Crippen molar-refractivity contribution in [2.75, 3.05) is 33.8 Å². The quantitative estimate of drug-likeness (QED) is 0.474. The third kappa shape index (κ3) is 4.70. The van der Waals surface area contributed by atoms with Crippen LogP contribution < -0.4 is 4.74 Å². The van der Waals surface area contributed by atoms with Crippen molar-refractivity contribution in [2.45, 2.75) is 19.9 Å². The number of likely N-dealkylation sites (N-methyl/N-ethyl adjacent to an activating group) is 1. The second kappa shape index (κ2) is 9.45. The van der Waals surface area contributed by atoms with Gasteiger partial charge in [0.05, 0.1) is 27.2 Å². The zero-order valence-electron chi connectivity index (χ0n) is 18.2. The first-order valence-electron chi connectivity index (χ1n) is 9.95. The highest BCUT2D eigenvalue weighted by Gasteiger charge is 2.44. The normalized spacial score (nSPS) is 16.4. The van der Waals surface area contributed by atoms with Crippen molar-refractivity contribution in [3.8, 4) is 5.75 Å². The van der Waals surface area contributed by atoms with Crippen molar-refractivity contribution in [3.05, 3.63) is 69.4 Å². The first-order chi connectivity index (χ1) is 14.7. The van der Waals surface area contributed by atoms with Gasteiger partial charge in [-0.25, -0.2) is 4.98 Å². The van der Waals surface area contributed by atoms with Crippen LogP contribution in [-0.2, 0) is 4.79 Å². The third-order valence-electron chi connectivity index (χ3n) is 5.01. The van der Waals surface area contributed by atoms with Crippen LogP contribution in [0.4, 0.5) is 0 Å². The second-order valence-electron chi connectivity index (χ2n) is 7.61. The van der Waals surface area contributed by atoms with Gasteiger partial charge >= 0.3 is 0 Å². The van der Waals surface area contributed by atoms with Gasteiger partial charge in [-0.05, 0) is 45.6 Å². The molecule has 0 unspecified atom stereocenters. The van der Waals surface area contributed by atoms with Crippen LogP contribution >= 0.6 is 11.3 Å². The molecule has 3 rings (SSSR count). The molecule has 2 aromatic rings. The van der Waals surface area contributed by atoms with Gasteiger partial charge in [0.2, 0.25) is 5.78 Å². The molecule has 164 valence electrons. The van der Waals surface area contributed by atoms with Crippen molar-refractivity contribution in [3.63, 3.8) is 0 Å². The number of ketones is 1. The lowest BCUT2D eigenvalue weighted by atomic mass is 9.95. The van der Waals surface area contributed by atoms with Gasteiger partial charge in [0.1, 0.15) is 12.4 Å². The average Bonchev–Trinajstić information content (AvgIpc) is 3.20. The number of carbonyl (C=O) groups is 2. The van der Waals surface area contributed by atoms with E-state index in [2.05, 4.69) is 11.6 Å². The lowest BCUT2D eigenvalue weighted by Gasteiger charge is -2.28. The van der Waals surface area contributed by atoms with Gasteiger partial charge in [-0.1, -0.05) is 24.8 Å². The van der Waals surface area contributed by atoms with E-state index in [0.29, 0.717) is 36.0 Å². The van der Waals surface area contributed by atoms with Crippen LogP contribution in [0.15, 0.2) is 48.3 Å². The Morgan fingerprint density at radius 2 is 2.00 bits per heavy atom.